The number of hydrogen-bond donors (Lipinski definition) is 1. The van der Waals surface area contributed by atoms with Gasteiger partial charge in [-0.15, -0.1) is 0 Å². The summed E-state index contributed by atoms with van der Waals surface area (Å²) in [4.78, 5) is 14.2. The molecule has 1 atom stereocenters. The van der Waals surface area contributed by atoms with Gasteiger partial charge in [0, 0.05) is 36.4 Å². The number of morpholine rings is 1. The highest BCUT2D eigenvalue weighted by Crippen LogP contribution is 2.39. The Morgan fingerprint density at radius 3 is 2.87 bits per heavy atom. The fourth-order valence-corrected chi connectivity index (χ4v) is 6.51. The van der Waals surface area contributed by atoms with Gasteiger partial charge in [-0.3, -0.25) is 9.69 Å². The summed E-state index contributed by atoms with van der Waals surface area (Å²) in [5, 5.41) is 4.06. The van der Waals surface area contributed by atoms with Gasteiger partial charge in [0.25, 0.3) is 5.24 Å². The van der Waals surface area contributed by atoms with Crippen LogP contribution >= 0.6 is 33.3 Å². The van der Waals surface area contributed by atoms with Gasteiger partial charge in [-0.05, 0) is 32.2 Å². The second-order valence-electron chi connectivity index (χ2n) is 6.05. The minimum absolute atomic E-state index is 0.148. The fourth-order valence-electron chi connectivity index (χ4n) is 2.75. The zero-order chi connectivity index (χ0) is 16.2. The molecule has 23 heavy (non-hydrogen) atoms. The molecule has 2 heterocycles. The molecule has 0 bridgehead atoms. The van der Waals surface area contributed by atoms with E-state index in [-0.39, 0.29) is 5.24 Å². The molecule has 2 fully saturated rings. The van der Waals surface area contributed by atoms with Gasteiger partial charge in [0.15, 0.2) is 0 Å². The molecule has 1 unspecified atom stereocenters. The van der Waals surface area contributed by atoms with Crippen molar-refractivity contribution in [1.82, 2.24) is 10.2 Å². The fraction of sp³-hybridized carbons (Fsp3) is 0.938. The van der Waals surface area contributed by atoms with Gasteiger partial charge >= 0.3 is 0 Å². The number of carbonyl (C=O) groups excluding carboxylic acids is 1. The van der Waals surface area contributed by atoms with Gasteiger partial charge in [0.1, 0.15) is 0 Å². The van der Waals surface area contributed by atoms with E-state index in [2.05, 4.69) is 21.0 Å². The van der Waals surface area contributed by atoms with Crippen LogP contribution in [0.4, 0.5) is 4.79 Å². The van der Waals surface area contributed by atoms with Crippen molar-refractivity contribution in [3.63, 3.8) is 0 Å². The predicted octanol–water partition coefficient (Wildman–Crippen LogP) is 3.87. The zero-order valence-corrected chi connectivity index (χ0v) is 16.4. The highest BCUT2D eigenvalue weighted by atomic mass is 33.1. The molecule has 0 radical (unpaired) electrons. The molecule has 0 aromatic heterocycles. The Hall–Kier alpha value is 0.440. The van der Waals surface area contributed by atoms with Crippen LogP contribution in [0, 0.1) is 0 Å². The molecule has 1 amide bonds. The first kappa shape index (κ1) is 19.8. The third kappa shape index (κ3) is 9.48. The summed E-state index contributed by atoms with van der Waals surface area (Å²) in [6.07, 6.45) is 7.52. The number of hydrogen-bond acceptors (Lipinski definition) is 6. The molecule has 0 aromatic carbocycles. The van der Waals surface area contributed by atoms with E-state index in [0.29, 0.717) is 0 Å². The first-order valence-electron chi connectivity index (χ1n) is 8.83. The molecule has 7 heteroatoms. The average molecular weight is 379 g/mol. The van der Waals surface area contributed by atoms with Gasteiger partial charge in [0.2, 0.25) is 0 Å². The monoisotopic (exact) mass is 378 g/mol. The number of ether oxygens (including phenoxy) is 1. The van der Waals surface area contributed by atoms with Gasteiger partial charge < -0.3 is 10.1 Å². The molecule has 134 valence electrons. The van der Waals surface area contributed by atoms with E-state index in [0.717, 1.165) is 63.2 Å². The van der Waals surface area contributed by atoms with Crippen molar-refractivity contribution in [1.29, 1.82) is 0 Å². The number of nitrogens with one attached hydrogen (secondary N) is 1. The molecule has 0 spiro atoms. The minimum Gasteiger partial charge on any atom is -0.379 e. The van der Waals surface area contributed by atoms with E-state index >= 15 is 0 Å². The number of nitrogens with zero attached hydrogens (tertiary/aromatic N) is 1. The maximum Gasteiger partial charge on any atom is 0.279 e. The van der Waals surface area contributed by atoms with Crippen molar-refractivity contribution >= 4 is 38.6 Å². The van der Waals surface area contributed by atoms with Gasteiger partial charge in [0.05, 0.1) is 13.2 Å². The standard InChI is InChI=1S/C16H30N2O2S3/c19-16(17-7-4-8-18-9-11-20-12-10-18)21-13-3-1-2-5-15-6-14-22-23-15/h15H,1-14H2,(H,17,19). The number of amides is 1. The lowest BCUT2D eigenvalue weighted by Gasteiger charge is -2.26. The van der Waals surface area contributed by atoms with Crippen LogP contribution in [0.3, 0.4) is 0 Å². The molecule has 2 aliphatic rings. The average Bonchev–Trinajstić information content (AvgIpc) is 3.09. The van der Waals surface area contributed by atoms with E-state index < -0.39 is 0 Å². The highest BCUT2D eigenvalue weighted by molar-refractivity contribution is 8.77. The molecule has 1 N–H and O–H groups in total. The lowest BCUT2D eigenvalue weighted by Crippen LogP contribution is -2.37. The molecule has 0 aromatic rings. The van der Waals surface area contributed by atoms with Gasteiger partial charge in [-0.2, -0.15) is 0 Å². The number of thioether (sulfide) groups is 1. The van der Waals surface area contributed by atoms with Crippen LogP contribution in [0.2, 0.25) is 0 Å². The lowest BCUT2D eigenvalue weighted by atomic mass is 10.1. The topological polar surface area (TPSA) is 41.6 Å². The number of carbonyl (C=O) groups is 1. The van der Waals surface area contributed by atoms with Crippen LogP contribution in [0.1, 0.15) is 38.5 Å². The van der Waals surface area contributed by atoms with Crippen molar-refractivity contribution in [2.75, 3.05) is 50.9 Å². The second kappa shape index (κ2) is 12.8. The Kier molecular flexibility index (Phi) is 11.0. The smallest absolute Gasteiger partial charge is 0.279 e. The van der Waals surface area contributed by atoms with Crippen molar-refractivity contribution in [2.45, 2.75) is 43.8 Å². The van der Waals surface area contributed by atoms with E-state index in [4.69, 9.17) is 4.74 Å². The van der Waals surface area contributed by atoms with Crippen LogP contribution in [0.5, 0.6) is 0 Å². The van der Waals surface area contributed by atoms with E-state index in [1.54, 1.807) is 0 Å². The molecular weight excluding hydrogens is 348 g/mol. The highest BCUT2D eigenvalue weighted by Gasteiger charge is 2.15. The predicted molar refractivity (Wildman–Crippen MR) is 105 cm³/mol. The maximum absolute atomic E-state index is 11.7. The van der Waals surface area contributed by atoms with Crippen LogP contribution < -0.4 is 5.32 Å². The van der Waals surface area contributed by atoms with Crippen molar-refractivity contribution in [3.05, 3.63) is 0 Å². The largest absolute Gasteiger partial charge is 0.379 e. The third-order valence-corrected chi connectivity index (χ3v) is 8.06. The molecule has 0 aliphatic carbocycles. The van der Waals surface area contributed by atoms with Crippen molar-refractivity contribution in [2.24, 2.45) is 0 Å². The Labute approximate surface area is 153 Å². The summed E-state index contributed by atoms with van der Waals surface area (Å²) in [6.45, 7) is 5.61. The SMILES string of the molecule is O=C(NCCCN1CCOCC1)SCCCCCC1CCSS1. The summed E-state index contributed by atoms with van der Waals surface area (Å²) in [5.41, 5.74) is 0. The first-order valence-corrected chi connectivity index (χ1v) is 12.2. The van der Waals surface area contributed by atoms with E-state index in [1.165, 1.54) is 43.2 Å². The molecular formula is C16H30N2O2S3. The van der Waals surface area contributed by atoms with Crippen LogP contribution in [-0.4, -0.2) is 66.3 Å². The molecule has 2 rings (SSSR count). The Bertz CT molecular complexity index is 322. The summed E-state index contributed by atoms with van der Waals surface area (Å²) >= 11 is 1.45. The molecule has 4 nitrogen and oxygen atoms in total. The number of unbranched alkanes of at least 4 members (excludes halogenated alkanes) is 2. The van der Waals surface area contributed by atoms with Crippen LogP contribution in [0.15, 0.2) is 0 Å². The van der Waals surface area contributed by atoms with Crippen LogP contribution in [-0.2, 0) is 4.74 Å². The molecule has 2 aliphatic heterocycles. The van der Waals surface area contributed by atoms with Gasteiger partial charge in [-0.1, -0.05) is 46.2 Å². The maximum atomic E-state index is 11.7. The summed E-state index contributed by atoms with van der Waals surface area (Å²) < 4.78 is 5.33. The summed E-state index contributed by atoms with van der Waals surface area (Å²) in [6, 6.07) is 0. The Morgan fingerprint density at radius 1 is 1.22 bits per heavy atom. The van der Waals surface area contributed by atoms with Crippen molar-refractivity contribution in [3.8, 4) is 0 Å². The second-order valence-corrected chi connectivity index (χ2v) is 9.90. The molecule has 2 saturated heterocycles. The third-order valence-electron chi connectivity index (χ3n) is 4.16. The normalized spacial score (nSPS) is 22.3. The number of rotatable bonds is 10. The lowest BCUT2D eigenvalue weighted by molar-refractivity contribution is 0.0375. The minimum atomic E-state index is 0.148. The van der Waals surface area contributed by atoms with E-state index in [1.807, 2.05) is 10.8 Å². The Morgan fingerprint density at radius 2 is 2.09 bits per heavy atom. The van der Waals surface area contributed by atoms with Crippen LogP contribution in [0.25, 0.3) is 0 Å². The van der Waals surface area contributed by atoms with E-state index in [9.17, 15) is 4.79 Å². The molecule has 0 saturated carbocycles. The van der Waals surface area contributed by atoms with Crippen molar-refractivity contribution < 1.29 is 9.53 Å². The first-order chi connectivity index (χ1) is 11.3. The quantitative estimate of drug-likeness (QED) is 0.460. The summed E-state index contributed by atoms with van der Waals surface area (Å²) in [7, 11) is 4.09. The Balaban J connectivity index is 1.34. The summed E-state index contributed by atoms with van der Waals surface area (Å²) in [5.74, 6) is 2.29. The van der Waals surface area contributed by atoms with Gasteiger partial charge in [-0.25, -0.2) is 0 Å². The zero-order valence-electron chi connectivity index (χ0n) is 14.0.